The van der Waals surface area contributed by atoms with Crippen molar-refractivity contribution < 1.29 is 18.7 Å². The SMILES string of the molecule is C=CCOC(=O)C(C#N)=C1SC(CCc2ccco2)C(=O)N1CC. The summed E-state index contributed by atoms with van der Waals surface area (Å²) in [4.78, 5) is 26.0. The number of esters is 1. The van der Waals surface area contributed by atoms with Crippen LogP contribution in [-0.4, -0.2) is 35.2 Å². The first-order valence-corrected chi connectivity index (χ1v) is 8.43. The average molecular weight is 346 g/mol. The smallest absolute Gasteiger partial charge is 0.351 e. The summed E-state index contributed by atoms with van der Waals surface area (Å²) in [5.41, 5.74) is -0.141. The van der Waals surface area contributed by atoms with Gasteiger partial charge in [0.2, 0.25) is 5.91 Å². The predicted octanol–water partition coefficient (Wildman–Crippen LogP) is 2.64. The van der Waals surface area contributed by atoms with Crippen molar-refractivity contribution in [3.05, 3.63) is 47.4 Å². The molecule has 0 radical (unpaired) electrons. The fraction of sp³-hybridized carbons (Fsp3) is 0.353. The van der Waals surface area contributed by atoms with Crippen LogP contribution in [0.15, 0.2) is 46.1 Å². The molecule has 7 heteroatoms. The molecule has 1 aromatic heterocycles. The van der Waals surface area contributed by atoms with Gasteiger partial charge in [-0.2, -0.15) is 5.26 Å². The van der Waals surface area contributed by atoms with Gasteiger partial charge in [0.15, 0.2) is 5.57 Å². The second-order valence-corrected chi connectivity index (χ2v) is 6.18. The number of nitriles is 1. The maximum Gasteiger partial charge on any atom is 0.351 e. The summed E-state index contributed by atoms with van der Waals surface area (Å²) in [6, 6.07) is 5.52. The van der Waals surface area contributed by atoms with Crippen molar-refractivity contribution in [2.24, 2.45) is 0 Å². The van der Waals surface area contributed by atoms with E-state index >= 15 is 0 Å². The molecule has 6 nitrogen and oxygen atoms in total. The van der Waals surface area contributed by atoms with E-state index in [-0.39, 0.29) is 23.3 Å². The van der Waals surface area contributed by atoms with Gasteiger partial charge in [0.1, 0.15) is 23.5 Å². The summed E-state index contributed by atoms with van der Waals surface area (Å²) < 4.78 is 10.2. The zero-order valence-corrected chi connectivity index (χ0v) is 14.2. The Balaban J connectivity index is 2.17. The molecule has 1 unspecified atom stereocenters. The Morgan fingerprint density at radius 1 is 1.62 bits per heavy atom. The summed E-state index contributed by atoms with van der Waals surface area (Å²) >= 11 is 1.23. The van der Waals surface area contributed by atoms with Gasteiger partial charge in [-0.1, -0.05) is 24.4 Å². The summed E-state index contributed by atoms with van der Waals surface area (Å²) in [5, 5.41) is 9.34. The minimum Gasteiger partial charge on any atom is -0.469 e. The molecule has 0 N–H and O–H groups in total. The fourth-order valence-corrected chi connectivity index (χ4v) is 3.64. The van der Waals surface area contributed by atoms with Crippen molar-refractivity contribution in [3.63, 3.8) is 0 Å². The number of nitrogens with zero attached hydrogens (tertiary/aromatic N) is 2. The Morgan fingerprint density at radius 3 is 3.00 bits per heavy atom. The molecule has 2 rings (SSSR count). The Hall–Kier alpha value is -2.46. The Kier molecular flexibility index (Phi) is 6.27. The van der Waals surface area contributed by atoms with Crippen molar-refractivity contribution in [2.75, 3.05) is 13.2 Å². The van der Waals surface area contributed by atoms with E-state index in [4.69, 9.17) is 9.15 Å². The van der Waals surface area contributed by atoms with Crippen LogP contribution in [0, 0.1) is 11.3 Å². The lowest BCUT2D eigenvalue weighted by Crippen LogP contribution is -2.29. The number of aryl methyl sites for hydroxylation is 1. The van der Waals surface area contributed by atoms with Crippen LogP contribution in [-0.2, 0) is 20.7 Å². The summed E-state index contributed by atoms with van der Waals surface area (Å²) in [7, 11) is 0. The first-order chi connectivity index (χ1) is 11.6. The van der Waals surface area contributed by atoms with Gasteiger partial charge >= 0.3 is 5.97 Å². The Bertz CT molecular complexity index is 688. The monoisotopic (exact) mass is 346 g/mol. The van der Waals surface area contributed by atoms with E-state index in [1.807, 2.05) is 12.1 Å². The van der Waals surface area contributed by atoms with Crippen LogP contribution in [0.1, 0.15) is 19.1 Å². The van der Waals surface area contributed by atoms with Crippen molar-refractivity contribution >= 4 is 23.6 Å². The van der Waals surface area contributed by atoms with Crippen LogP contribution in [0.5, 0.6) is 0 Å². The van der Waals surface area contributed by atoms with E-state index in [1.54, 1.807) is 19.3 Å². The summed E-state index contributed by atoms with van der Waals surface area (Å²) in [5.74, 6) is -0.0408. The molecule has 24 heavy (non-hydrogen) atoms. The zero-order valence-electron chi connectivity index (χ0n) is 13.4. The van der Waals surface area contributed by atoms with E-state index < -0.39 is 5.97 Å². The lowest BCUT2D eigenvalue weighted by atomic mass is 10.2. The third-order valence-electron chi connectivity index (χ3n) is 3.45. The number of hydrogen-bond acceptors (Lipinski definition) is 6. The van der Waals surface area contributed by atoms with Gasteiger partial charge in [0.25, 0.3) is 0 Å². The second kappa shape index (κ2) is 8.41. The zero-order chi connectivity index (χ0) is 17.5. The van der Waals surface area contributed by atoms with E-state index in [9.17, 15) is 14.9 Å². The molecule has 1 atom stereocenters. The number of amides is 1. The molecule has 1 amide bonds. The largest absolute Gasteiger partial charge is 0.469 e. The molecule has 2 heterocycles. The summed E-state index contributed by atoms with van der Waals surface area (Å²) in [6.45, 7) is 5.67. The van der Waals surface area contributed by atoms with Crippen LogP contribution in [0.25, 0.3) is 0 Å². The van der Waals surface area contributed by atoms with Crippen molar-refractivity contribution in [1.29, 1.82) is 5.26 Å². The Morgan fingerprint density at radius 2 is 2.42 bits per heavy atom. The molecule has 1 aliphatic rings. The number of furan rings is 1. The molecule has 1 saturated heterocycles. The summed E-state index contributed by atoms with van der Waals surface area (Å²) in [6.07, 6.45) is 4.20. The molecule has 1 aliphatic heterocycles. The number of hydrogen-bond donors (Lipinski definition) is 0. The minimum absolute atomic E-state index is 0.0178. The number of rotatable bonds is 7. The molecule has 1 fully saturated rings. The molecule has 1 aromatic rings. The molecule has 0 bridgehead atoms. The molecule has 0 aromatic carbocycles. The van der Waals surface area contributed by atoms with Crippen molar-refractivity contribution in [2.45, 2.75) is 25.0 Å². The molecular formula is C17H18N2O4S. The third kappa shape index (κ3) is 3.89. The highest BCUT2D eigenvalue weighted by molar-refractivity contribution is 8.04. The number of carbonyl (C=O) groups is 2. The van der Waals surface area contributed by atoms with Crippen molar-refractivity contribution in [1.82, 2.24) is 4.90 Å². The standard InChI is InChI=1S/C17H18N2O4S/c1-3-9-23-17(21)13(11-18)16-19(4-2)15(20)14(24-16)8-7-12-6-5-10-22-12/h3,5-6,10,14H,1,4,7-9H2,2H3. The highest BCUT2D eigenvalue weighted by atomic mass is 32.2. The van der Waals surface area contributed by atoms with Crippen molar-refractivity contribution in [3.8, 4) is 6.07 Å². The molecular weight excluding hydrogens is 328 g/mol. The highest BCUT2D eigenvalue weighted by Gasteiger charge is 2.39. The topological polar surface area (TPSA) is 83.5 Å². The number of carbonyl (C=O) groups excluding carboxylic acids is 2. The normalized spacial score (nSPS) is 19.1. The average Bonchev–Trinajstić information content (AvgIpc) is 3.20. The van der Waals surface area contributed by atoms with E-state index in [0.717, 1.165) is 5.76 Å². The molecule has 126 valence electrons. The van der Waals surface area contributed by atoms with Gasteiger partial charge in [0.05, 0.1) is 11.5 Å². The second-order valence-electron chi connectivity index (χ2n) is 4.99. The lowest BCUT2D eigenvalue weighted by Gasteiger charge is -2.15. The van der Waals surface area contributed by atoms with Crippen LogP contribution < -0.4 is 0 Å². The van der Waals surface area contributed by atoms with Gasteiger partial charge in [-0.3, -0.25) is 4.79 Å². The van der Waals surface area contributed by atoms with E-state index in [0.29, 0.717) is 24.4 Å². The minimum atomic E-state index is -0.738. The van der Waals surface area contributed by atoms with E-state index in [1.165, 1.54) is 22.7 Å². The van der Waals surface area contributed by atoms with Gasteiger partial charge < -0.3 is 14.1 Å². The van der Waals surface area contributed by atoms with Crippen LogP contribution >= 0.6 is 11.8 Å². The highest BCUT2D eigenvalue weighted by Crippen LogP contribution is 2.39. The van der Waals surface area contributed by atoms with Gasteiger partial charge in [0, 0.05) is 13.0 Å². The van der Waals surface area contributed by atoms with E-state index in [2.05, 4.69) is 6.58 Å². The molecule has 0 aliphatic carbocycles. The maximum atomic E-state index is 12.5. The number of thioether (sulfide) groups is 1. The lowest BCUT2D eigenvalue weighted by molar-refractivity contribution is -0.137. The third-order valence-corrected chi connectivity index (χ3v) is 4.82. The molecule has 0 spiro atoms. The van der Waals surface area contributed by atoms with Crippen LogP contribution in [0.3, 0.4) is 0 Å². The van der Waals surface area contributed by atoms with Gasteiger partial charge in [-0.25, -0.2) is 4.79 Å². The first kappa shape index (κ1) is 17.9. The quantitative estimate of drug-likeness (QED) is 0.327. The fourth-order valence-electron chi connectivity index (χ4n) is 2.31. The predicted molar refractivity (Wildman–Crippen MR) is 89.6 cm³/mol. The van der Waals surface area contributed by atoms with Gasteiger partial charge in [-0.05, 0) is 25.5 Å². The molecule has 0 saturated carbocycles. The van der Waals surface area contributed by atoms with Crippen LogP contribution in [0.2, 0.25) is 0 Å². The Labute approximate surface area is 144 Å². The first-order valence-electron chi connectivity index (χ1n) is 7.55. The maximum absolute atomic E-state index is 12.5. The van der Waals surface area contributed by atoms with Crippen LogP contribution in [0.4, 0.5) is 0 Å². The van der Waals surface area contributed by atoms with Gasteiger partial charge in [-0.15, -0.1) is 0 Å². The number of ether oxygens (including phenoxy) is 1.